The molecule has 0 saturated heterocycles. The maximum Gasteiger partial charge on any atom is -0.0274 e. The molecule has 0 aliphatic rings. The van der Waals surface area contributed by atoms with E-state index in [-0.39, 0.29) is 0 Å². The second-order valence-electron chi connectivity index (χ2n) is 9.97. The van der Waals surface area contributed by atoms with Crippen LogP contribution in [0.2, 0.25) is 0 Å². The van der Waals surface area contributed by atoms with E-state index in [1.165, 1.54) is 76.2 Å². The first-order valence-corrected chi connectivity index (χ1v) is 11.9. The van der Waals surface area contributed by atoms with E-state index in [0.717, 1.165) is 23.7 Å². The van der Waals surface area contributed by atoms with E-state index in [2.05, 4.69) is 65.8 Å². The predicted octanol–water partition coefficient (Wildman–Crippen LogP) is 9.00. The highest BCUT2D eigenvalue weighted by Crippen LogP contribution is 2.23. The maximum atomic E-state index is 2.47. The normalized spacial score (nSPS) is 15.1. The third kappa shape index (κ3) is 12.3. The number of rotatable bonds is 15. The Balaban J connectivity index is 2.04. The van der Waals surface area contributed by atoms with Gasteiger partial charge in [-0.05, 0) is 54.6 Å². The summed E-state index contributed by atoms with van der Waals surface area (Å²) >= 11 is 0. The monoisotopic (exact) mass is 372 g/mol. The average molecular weight is 373 g/mol. The molecule has 0 bridgehead atoms. The molecule has 1 rings (SSSR count). The molecule has 0 amide bonds. The molecule has 156 valence electrons. The highest BCUT2D eigenvalue weighted by Gasteiger charge is 2.08. The first-order valence-electron chi connectivity index (χ1n) is 11.9. The third-order valence-corrected chi connectivity index (χ3v) is 6.43. The van der Waals surface area contributed by atoms with Gasteiger partial charge in [0.1, 0.15) is 0 Å². The number of aryl methyl sites for hydroxylation is 2. The van der Waals surface area contributed by atoms with E-state index < -0.39 is 0 Å². The first kappa shape index (κ1) is 24.3. The average Bonchev–Trinajstić information content (AvgIpc) is 2.60. The Bertz CT molecular complexity index is 473. The first-order chi connectivity index (χ1) is 12.9. The predicted molar refractivity (Wildman–Crippen MR) is 123 cm³/mol. The molecule has 0 saturated carbocycles. The van der Waals surface area contributed by atoms with Gasteiger partial charge in [0.15, 0.2) is 0 Å². The molecule has 27 heavy (non-hydrogen) atoms. The molecule has 0 aromatic heterocycles. The van der Waals surface area contributed by atoms with E-state index in [0.29, 0.717) is 0 Å². The zero-order valence-corrected chi connectivity index (χ0v) is 19.4. The van der Waals surface area contributed by atoms with Crippen LogP contribution >= 0.6 is 0 Å². The molecule has 1 aromatic rings. The molecular weight excluding hydrogens is 324 g/mol. The SMILES string of the molecule is Cc1ccccc1CCC(C)CCCC(C)CCCC(C)CCCC(C)C. The van der Waals surface area contributed by atoms with Gasteiger partial charge in [0.2, 0.25) is 0 Å². The molecule has 3 atom stereocenters. The third-order valence-electron chi connectivity index (χ3n) is 6.43. The van der Waals surface area contributed by atoms with Crippen molar-refractivity contribution >= 4 is 0 Å². The van der Waals surface area contributed by atoms with E-state index >= 15 is 0 Å². The van der Waals surface area contributed by atoms with Crippen molar-refractivity contribution in [3.05, 3.63) is 35.4 Å². The fourth-order valence-corrected chi connectivity index (χ4v) is 4.23. The Morgan fingerprint density at radius 1 is 0.593 bits per heavy atom. The zero-order chi connectivity index (χ0) is 20.1. The van der Waals surface area contributed by atoms with Gasteiger partial charge in [-0.25, -0.2) is 0 Å². The lowest BCUT2D eigenvalue weighted by Crippen LogP contribution is -2.02. The summed E-state index contributed by atoms with van der Waals surface area (Å²) in [5, 5.41) is 0. The van der Waals surface area contributed by atoms with Gasteiger partial charge in [-0.3, -0.25) is 0 Å². The van der Waals surface area contributed by atoms with Gasteiger partial charge in [0, 0.05) is 0 Å². The summed E-state index contributed by atoms with van der Waals surface area (Å²) in [5.74, 6) is 3.57. The quantitative estimate of drug-likeness (QED) is 0.288. The van der Waals surface area contributed by atoms with Crippen molar-refractivity contribution in [2.45, 2.75) is 112 Å². The molecule has 1 aromatic carbocycles. The van der Waals surface area contributed by atoms with Gasteiger partial charge in [0.05, 0.1) is 0 Å². The van der Waals surface area contributed by atoms with Gasteiger partial charge >= 0.3 is 0 Å². The largest absolute Gasteiger partial charge is 0.0628 e. The summed E-state index contributed by atoms with van der Waals surface area (Å²) in [5.41, 5.74) is 3.00. The minimum atomic E-state index is 0.859. The van der Waals surface area contributed by atoms with Crippen molar-refractivity contribution in [1.82, 2.24) is 0 Å². The van der Waals surface area contributed by atoms with Gasteiger partial charge in [-0.1, -0.05) is 117 Å². The Morgan fingerprint density at radius 2 is 1.04 bits per heavy atom. The molecule has 0 spiro atoms. The highest BCUT2D eigenvalue weighted by molar-refractivity contribution is 5.25. The molecule has 3 unspecified atom stereocenters. The topological polar surface area (TPSA) is 0 Å². The molecular formula is C27H48. The Kier molecular flexibility index (Phi) is 12.8. The Hall–Kier alpha value is -0.780. The summed E-state index contributed by atoms with van der Waals surface area (Å²) in [6.45, 7) is 14.3. The summed E-state index contributed by atoms with van der Waals surface area (Å²) in [7, 11) is 0. The second-order valence-corrected chi connectivity index (χ2v) is 9.97. The standard InChI is InChI=1S/C27H48/c1-22(2)12-9-13-23(3)14-10-15-24(4)16-11-17-25(5)20-21-27-19-8-7-18-26(27)6/h7-8,18-19,22-25H,9-17,20-21H2,1-6H3. The highest BCUT2D eigenvalue weighted by atomic mass is 14.1. The smallest absolute Gasteiger partial charge is 0.0274 e. The maximum absolute atomic E-state index is 2.47. The van der Waals surface area contributed by atoms with Crippen molar-refractivity contribution < 1.29 is 0 Å². The van der Waals surface area contributed by atoms with Crippen molar-refractivity contribution in [2.24, 2.45) is 23.7 Å². The number of hydrogen-bond acceptors (Lipinski definition) is 0. The minimum absolute atomic E-state index is 0.859. The van der Waals surface area contributed by atoms with Crippen molar-refractivity contribution in [3.63, 3.8) is 0 Å². The van der Waals surface area contributed by atoms with Gasteiger partial charge in [0.25, 0.3) is 0 Å². The molecule has 0 fully saturated rings. The van der Waals surface area contributed by atoms with Crippen LogP contribution in [0.25, 0.3) is 0 Å². The molecule has 0 aliphatic carbocycles. The Morgan fingerprint density at radius 3 is 1.52 bits per heavy atom. The van der Waals surface area contributed by atoms with Crippen LogP contribution in [-0.2, 0) is 6.42 Å². The molecule has 0 heteroatoms. The Labute approximate surface area is 171 Å². The van der Waals surface area contributed by atoms with E-state index in [9.17, 15) is 0 Å². The molecule has 0 N–H and O–H groups in total. The van der Waals surface area contributed by atoms with Gasteiger partial charge < -0.3 is 0 Å². The van der Waals surface area contributed by atoms with Crippen molar-refractivity contribution in [1.29, 1.82) is 0 Å². The van der Waals surface area contributed by atoms with Gasteiger partial charge in [-0.2, -0.15) is 0 Å². The lowest BCUT2D eigenvalue weighted by molar-refractivity contribution is 0.374. The molecule has 0 nitrogen and oxygen atoms in total. The summed E-state index contributed by atoms with van der Waals surface area (Å²) in [6.07, 6.45) is 15.4. The van der Waals surface area contributed by atoms with Crippen molar-refractivity contribution in [3.8, 4) is 0 Å². The van der Waals surface area contributed by atoms with Crippen LogP contribution in [-0.4, -0.2) is 0 Å². The lowest BCUT2D eigenvalue weighted by Gasteiger charge is -2.16. The minimum Gasteiger partial charge on any atom is -0.0628 e. The molecule has 0 radical (unpaired) electrons. The number of hydrogen-bond donors (Lipinski definition) is 0. The van der Waals surface area contributed by atoms with Crippen LogP contribution in [0, 0.1) is 30.6 Å². The van der Waals surface area contributed by atoms with Crippen LogP contribution in [0.5, 0.6) is 0 Å². The molecule has 0 heterocycles. The van der Waals surface area contributed by atoms with E-state index in [1.54, 1.807) is 5.56 Å². The zero-order valence-electron chi connectivity index (χ0n) is 19.4. The van der Waals surface area contributed by atoms with Crippen LogP contribution < -0.4 is 0 Å². The second kappa shape index (κ2) is 14.3. The van der Waals surface area contributed by atoms with Crippen LogP contribution in [0.3, 0.4) is 0 Å². The van der Waals surface area contributed by atoms with Crippen LogP contribution in [0.1, 0.15) is 110 Å². The summed E-state index contributed by atoms with van der Waals surface area (Å²) in [4.78, 5) is 0. The van der Waals surface area contributed by atoms with E-state index in [1.807, 2.05) is 0 Å². The lowest BCUT2D eigenvalue weighted by atomic mass is 9.90. The van der Waals surface area contributed by atoms with Crippen LogP contribution in [0.15, 0.2) is 24.3 Å². The van der Waals surface area contributed by atoms with Crippen LogP contribution in [0.4, 0.5) is 0 Å². The fourth-order valence-electron chi connectivity index (χ4n) is 4.23. The van der Waals surface area contributed by atoms with E-state index in [4.69, 9.17) is 0 Å². The molecule has 0 aliphatic heterocycles. The fraction of sp³-hybridized carbons (Fsp3) is 0.778. The summed E-state index contributed by atoms with van der Waals surface area (Å²) < 4.78 is 0. The summed E-state index contributed by atoms with van der Waals surface area (Å²) in [6, 6.07) is 8.87. The van der Waals surface area contributed by atoms with Crippen molar-refractivity contribution in [2.75, 3.05) is 0 Å². The van der Waals surface area contributed by atoms with Gasteiger partial charge in [-0.15, -0.1) is 0 Å². The number of benzene rings is 1.